The molecule has 13 heteroatoms. The number of methoxy groups -OCH3 is 2. The van der Waals surface area contributed by atoms with E-state index in [2.05, 4.69) is 5.32 Å². The first-order valence-electron chi connectivity index (χ1n) is 14.7. The number of hydrogen-bond acceptors (Lipinski definition) is 8. The number of fused-ring (bicyclic) bond motifs is 1. The molecule has 3 aromatic rings. The molecule has 1 aliphatic heterocycles. The van der Waals surface area contributed by atoms with Crippen LogP contribution in [0.15, 0.2) is 60.7 Å². The molecule has 0 fully saturated rings. The average molecular weight is 882 g/mol. The van der Waals surface area contributed by atoms with E-state index in [4.69, 9.17) is 35.7 Å². The van der Waals surface area contributed by atoms with E-state index in [1.165, 1.54) is 14.2 Å². The molecule has 2 atom stereocenters. The van der Waals surface area contributed by atoms with Gasteiger partial charge in [0.05, 0.1) is 20.6 Å². The number of aliphatic hydroxyl groups excluding tert-OH is 1. The molecule has 3 aromatic carbocycles. The van der Waals surface area contributed by atoms with Crippen LogP contribution in [0.2, 0.25) is 5.02 Å². The Kier molecular flexibility index (Phi) is 14.4. The molecule has 0 aliphatic carbocycles. The number of hydrogen-bond donors (Lipinski definition) is 3. The van der Waals surface area contributed by atoms with E-state index in [1.54, 1.807) is 59.5 Å². The third-order valence-electron chi connectivity index (χ3n) is 7.53. The number of halogens is 1. The molecule has 47 heavy (non-hydrogen) atoms. The van der Waals surface area contributed by atoms with E-state index in [0.29, 0.717) is 52.1 Å². The molecule has 1 radical (unpaired) electrons. The van der Waals surface area contributed by atoms with Crippen LogP contribution in [0.25, 0.3) is 0 Å². The number of anilines is 1. The zero-order chi connectivity index (χ0) is 33.4. The maximum absolute atomic E-state index is 14.2. The van der Waals surface area contributed by atoms with Gasteiger partial charge in [-0.05, 0) is 48.4 Å². The fraction of sp³-hybridized carbons (Fsp3) is 0.382. The molecule has 249 valence electrons. The minimum atomic E-state index is -1.19. The first-order valence-corrected chi connectivity index (χ1v) is 15.1. The van der Waals surface area contributed by atoms with Gasteiger partial charge < -0.3 is 39.4 Å². The number of amides is 2. The summed E-state index contributed by atoms with van der Waals surface area (Å²) >= 11 is 6.48. The van der Waals surface area contributed by atoms with Gasteiger partial charge in [0.15, 0.2) is 18.1 Å². The largest absolute Gasteiger partial charge is 0.493 e. The summed E-state index contributed by atoms with van der Waals surface area (Å²) in [5.74, 6) is -0.567. The Morgan fingerprint density at radius 1 is 1.04 bits per heavy atom. The number of carboxylic acid groups (broad SMARTS) is 1. The molecule has 2 amide bonds. The summed E-state index contributed by atoms with van der Waals surface area (Å²) in [5, 5.41) is 22.2. The zero-order valence-electron chi connectivity index (χ0n) is 26.8. The first-order chi connectivity index (χ1) is 22.0. The van der Waals surface area contributed by atoms with Gasteiger partial charge in [0.25, 0.3) is 5.91 Å². The number of nitrogens with one attached hydrogen (secondary N) is 1. The minimum Gasteiger partial charge on any atom is -0.493 e. The van der Waals surface area contributed by atoms with E-state index in [-0.39, 0.29) is 69.5 Å². The number of carbonyl (C=O) groups is 3. The Morgan fingerprint density at radius 3 is 2.40 bits per heavy atom. The van der Waals surface area contributed by atoms with Gasteiger partial charge in [0.1, 0.15) is 18.0 Å². The summed E-state index contributed by atoms with van der Waals surface area (Å²) in [5.41, 5.74) is 1.97. The maximum Gasteiger partial charge on any atom is 0.341 e. The van der Waals surface area contributed by atoms with Crippen LogP contribution in [0.3, 0.4) is 0 Å². The van der Waals surface area contributed by atoms with Crippen molar-refractivity contribution >= 4 is 35.1 Å². The molecule has 4 rings (SSSR count). The van der Waals surface area contributed by atoms with Crippen molar-refractivity contribution in [2.24, 2.45) is 5.41 Å². The molecule has 0 spiro atoms. The van der Waals surface area contributed by atoms with Gasteiger partial charge >= 0.3 is 5.97 Å². The van der Waals surface area contributed by atoms with Crippen molar-refractivity contribution < 1.29 is 87.6 Å². The predicted molar refractivity (Wildman–Crippen MR) is 172 cm³/mol. The molecule has 3 N–H and O–H groups in total. The smallest absolute Gasteiger partial charge is 0.341 e. The molecular formula is C34H39AcClN2O9. The van der Waals surface area contributed by atoms with E-state index in [9.17, 15) is 19.5 Å². The molecule has 0 saturated carbocycles. The van der Waals surface area contributed by atoms with Crippen LogP contribution in [0.4, 0.5) is 5.69 Å². The van der Waals surface area contributed by atoms with Crippen molar-refractivity contribution in [1.82, 2.24) is 5.32 Å². The molecule has 0 unspecified atom stereocenters. The van der Waals surface area contributed by atoms with E-state index in [0.717, 1.165) is 5.56 Å². The van der Waals surface area contributed by atoms with Crippen LogP contribution in [0.1, 0.15) is 43.1 Å². The monoisotopic (exact) mass is 881 g/mol. The average Bonchev–Trinajstić information content (AvgIpc) is 3.14. The fourth-order valence-electron chi connectivity index (χ4n) is 5.19. The first kappa shape index (κ1) is 38.6. The Balaban J connectivity index is 0.00000600. The number of aliphatic hydroxyl groups is 1. The molecule has 1 heterocycles. The maximum atomic E-state index is 14.2. The number of aliphatic carboxylic acids is 1. The summed E-state index contributed by atoms with van der Waals surface area (Å²) in [6.45, 7) is 3.53. The van der Waals surface area contributed by atoms with Crippen molar-refractivity contribution in [2.45, 2.75) is 38.9 Å². The second-order valence-electron chi connectivity index (χ2n) is 11.7. The second-order valence-corrected chi connectivity index (χ2v) is 12.1. The normalized spacial score (nSPS) is 16.0. The second kappa shape index (κ2) is 17.5. The zero-order valence-corrected chi connectivity index (χ0v) is 32.3. The Bertz CT molecular complexity index is 1550. The Morgan fingerprint density at radius 2 is 1.77 bits per heavy atom. The van der Waals surface area contributed by atoms with E-state index < -0.39 is 36.1 Å². The number of nitrogens with zero attached hydrogens (tertiary/aromatic N) is 1. The number of carbonyl (C=O) groups excluding carboxylic acids is 2. The van der Waals surface area contributed by atoms with Gasteiger partial charge in [-0.15, -0.1) is 0 Å². The van der Waals surface area contributed by atoms with Crippen LogP contribution in [0, 0.1) is 49.5 Å². The topological polar surface area (TPSA) is 144 Å². The summed E-state index contributed by atoms with van der Waals surface area (Å²) in [6.07, 6.45) is -1.81. The van der Waals surface area contributed by atoms with Crippen LogP contribution < -0.4 is 24.4 Å². The van der Waals surface area contributed by atoms with Gasteiger partial charge in [-0.25, -0.2) is 4.79 Å². The Labute approximate surface area is 315 Å². The Hall–Kier alpha value is -2.88. The number of ether oxygens (including phenoxy) is 4. The van der Waals surface area contributed by atoms with Crippen LogP contribution in [0.5, 0.6) is 17.2 Å². The third kappa shape index (κ3) is 10.1. The number of carboxylic acids is 1. The van der Waals surface area contributed by atoms with Crippen molar-refractivity contribution in [2.75, 3.05) is 45.4 Å². The van der Waals surface area contributed by atoms with Gasteiger partial charge in [0, 0.05) is 91.0 Å². The summed E-state index contributed by atoms with van der Waals surface area (Å²) in [4.78, 5) is 39.7. The van der Waals surface area contributed by atoms with E-state index >= 15 is 0 Å². The standard InChI is InChI=1S/C34H39ClN2O9.Ac/c1-34(2,20-38)19-37-26-13-10-22(35)16-25(26)31(24-6-5-7-27(43-3)32(24)44-4)46-28(33(37)42)17-29(39)36-15-14-21-8-11-23(12-9-21)45-18-30(40)41;/h5-13,16,28,31,38H,14-15,17-20H2,1-4H3,(H,36,39)(H,40,41);/t28-,31-;/m1./s1. The minimum absolute atomic E-state index is 0. The molecule has 0 saturated heterocycles. The number of benzene rings is 3. The van der Waals surface area contributed by atoms with Gasteiger partial charge in [0.2, 0.25) is 5.91 Å². The molecule has 0 aromatic heterocycles. The SMILES string of the molecule is COc1cccc([C@H]2O[C@H](CC(=O)NCCc3ccc(OCC(=O)O)cc3)C(=O)N(CC(C)(C)CO)c3ccc(Cl)cc32)c1OC.[Ac]. The predicted octanol–water partition coefficient (Wildman–Crippen LogP) is 4.41. The van der Waals surface area contributed by atoms with Gasteiger partial charge in [-0.2, -0.15) is 0 Å². The molecular weight excluding hydrogens is 843 g/mol. The number of para-hydroxylation sites is 1. The van der Waals surface area contributed by atoms with Crippen LogP contribution in [-0.4, -0.2) is 74.6 Å². The quantitative estimate of drug-likeness (QED) is 0.215. The van der Waals surface area contributed by atoms with Crippen molar-refractivity contribution in [3.8, 4) is 17.2 Å². The van der Waals surface area contributed by atoms with Gasteiger partial charge in [-0.3, -0.25) is 9.59 Å². The molecule has 0 bridgehead atoms. The summed E-state index contributed by atoms with van der Waals surface area (Å²) in [7, 11) is 3.04. The van der Waals surface area contributed by atoms with Crippen LogP contribution >= 0.6 is 11.6 Å². The third-order valence-corrected chi connectivity index (χ3v) is 7.76. The van der Waals surface area contributed by atoms with Crippen molar-refractivity contribution in [3.63, 3.8) is 0 Å². The van der Waals surface area contributed by atoms with Crippen molar-refractivity contribution in [3.05, 3.63) is 82.4 Å². The summed E-state index contributed by atoms with van der Waals surface area (Å²) < 4.78 is 22.9. The number of rotatable bonds is 14. The molecule has 11 nitrogen and oxygen atoms in total. The fourth-order valence-corrected chi connectivity index (χ4v) is 5.37. The van der Waals surface area contributed by atoms with Crippen molar-refractivity contribution in [1.29, 1.82) is 0 Å². The molecule has 1 aliphatic rings. The van der Waals surface area contributed by atoms with Gasteiger partial charge in [-0.1, -0.05) is 49.7 Å². The van der Waals surface area contributed by atoms with E-state index in [1.807, 2.05) is 19.9 Å². The summed E-state index contributed by atoms with van der Waals surface area (Å²) in [6, 6.07) is 17.4. The van der Waals surface area contributed by atoms with Crippen LogP contribution in [-0.2, 0) is 25.5 Å².